The molecule has 26 heavy (non-hydrogen) atoms. The first kappa shape index (κ1) is 20.3. The lowest BCUT2D eigenvalue weighted by Crippen LogP contribution is -2.53. The standard InChI is InChI=1S/C21H32N2O3/c1-16(2)10-15-26-18-8-6-17(7-9-18)19(24)22-11-13-23(14-12-22)20(25)21(3,4)5/h6-9,16H,10-15H2,1-5H3. The molecule has 0 aromatic heterocycles. The summed E-state index contributed by atoms with van der Waals surface area (Å²) in [7, 11) is 0. The van der Waals surface area contributed by atoms with Crippen molar-refractivity contribution in [2.45, 2.75) is 41.0 Å². The number of benzene rings is 1. The van der Waals surface area contributed by atoms with Gasteiger partial charge >= 0.3 is 0 Å². The van der Waals surface area contributed by atoms with Gasteiger partial charge in [0.15, 0.2) is 0 Å². The molecule has 1 aliphatic rings. The molecule has 1 heterocycles. The largest absolute Gasteiger partial charge is 0.494 e. The van der Waals surface area contributed by atoms with Crippen LogP contribution in [0.4, 0.5) is 0 Å². The van der Waals surface area contributed by atoms with Gasteiger partial charge in [0, 0.05) is 37.2 Å². The summed E-state index contributed by atoms with van der Waals surface area (Å²) < 4.78 is 5.70. The van der Waals surface area contributed by atoms with E-state index in [0.29, 0.717) is 44.3 Å². The zero-order valence-corrected chi connectivity index (χ0v) is 16.7. The maximum Gasteiger partial charge on any atom is 0.253 e. The van der Waals surface area contributed by atoms with E-state index >= 15 is 0 Å². The number of ether oxygens (including phenoxy) is 1. The van der Waals surface area contributed by atoms with E-state index in [4.69, 9.17) is 4.74 Å². The molecule has 2 rings (SSSR count). The first-order chi connectivity index (χ1) is 12.2. The Morgan fingerprint density at radius 2 is 1.54 bits per heavy atom. The summed E-state index contributed by atoms with van der Waals surface area (Å²) in [6.45, 7) is 13.2. The summed E-state index contributed by atoms with van der Waals surface area (Å²) in [5.41, 5.74) is 0.286. The SMILES string of the molecule is CC(C)CCOc1ccc(C(=O)N2CCN(C(=O)C(C)(C)C)CC2)cc1. The van der Waals surface area contributed by atoms with Gasteiger partial charge in [0.05, 0.1) is 6.61 Å². The van der Waals surface area contributed by atoms with E-state index in [1.54, 1.807) is 0 Å². The van der Waals surface area contributed by atoms with Crippen molar-refractivity contribution in [3.05, 3.63) is 29.8 Å². The van der Waals surface area contributed by atoms with E-state index in [9.17, 15) is 9.59 Å². The molecular formula is C21H32N2O3. The van der Waals surface area contributed by atoms with Crippen molar-refractivity contribution in [2.75, 3.05) is 32.8 Å². The first-order valence-corrected chi connectivity index (χ1v) is 9.50. The normalized spacial score (nSPS) is 15.3. The molecule has 0 saturated carbocycles. The van der Waals surface area contributed by atoms with Crippen LogP contribution in [0.1, 0.15) is 51.4 Å². The predicted molar refractivity (Wildman–Crippen MR) is 103 cm³/mol. The lowest BCUT2D eigenvalue weighted by molar-refractivity contribution is -0.140. The second-order valence-corrected chi connectivity index (χ2v) is 8.39. The Morgan fingerprint density at radius 3 is 2.04 bits per heavy atom. The molecule has 0 spiro atoms. The maximum atomic E-state index is 12.7. The summed E-state index contributed by atoms with van der Waals surface area (Å²) >= 11 is 0. The molecular weight excluding hydrogens is 328 g/mol. The summed E-state index contributed by atoms with van der Waals surface area (Å²) in [5.74, 6) is 1.57. The minimum Gasteiger partial charge on any atom is -0.494 e. The molecule has 0 radical (unpaired) electrons. The van der Waals surface area contributed by atoms with E-state index in [2.05, 4.69) is 13.8 Å². The molecule has 144 valence electrons. The van der Waals surface area contributed by atoms with Crippen molar-refractivity contribution < 1.29 is 14.3 Å². The molecule has 1 aliphatic heterocycles. The Labute approximate surface area is 157 Å². The molecule has 0 bridgehead atoms. The molecule has 1 aromatic rings. The van der Waals surface area contributed by atoms with Crippen LogP contribution >= 0.6 is 0 Å². The predicted octanol–water partition coefficient (Wildman–Crippen LogP) is 3.44. The summed E-state index contributed by atoms with van der Waals surface area (Å²) in [6, 6.07) is 7.35. The van der Waals surface area contributed by atoms with Crippen LogP contribution in [-0.4, -0.2) is 54.4 Å². The van der Waals surface area contributed by atoms with E-state index in [1.165, 1.54) is 0 Å². The van der Waals surface area contributed by atoms with Gasteiger partial charge in [-0.05, 0) is 36.6 Å². The van der Waals surface area contributed by atoms with Crippen LogP contribution in [0.5, 0.6) is 5.75 Å². The summed E-state index contributed by atoms with van der Waals surface area (Å²) in [4.78, 5) is 28.7. The monoisotopic (exact) mass is 360 g/mol. The highest BCUT2D eigenvalue weighted by molar-refractivity contribution is 5.94. The molecule has 1 aromatic carbocycles. The van der Waals surface area contributed by atoms with E-state index < -0.39 is 0 Å². The summed E-state index contributed by atoms with van der Waals surface area (Å²) in [6.07, 6.45) is 1.01. The van der Waals surface area contributed by atoms with Crippen molar-refractivity contribution in [1.29, 1.82) is 0 Å². The van der Waals surface area contributed by atoms with Gasteiger partial charge in [-0.3, -0.25) is 9.59 Å². The zero-order chi connectivity index (χ0) is 19.3. The van der Waals surface area contributed by atoms with Crippen LogP contribution in [0.15, 0.2) is 24.3 Å². The number of carbonyl (C=O) groups excluding carboxylic acids is 2. The third kappa shape index (κ3) is 5.48. The number of nitrogens with zero attached hydrogens (tertiary/aromatic N) is 2. The van der Waals surface area contributed by atoms with Crippen LogP contribution in [0.25, 0.3) is 0 Å². The zero-order valence-electron chi connectivity index (χ0n) is 16.7. The third-order valence-electron chi connectivity index (χ3n) is 4.56. The first-order valence-electron chi connectivity index (χ1n) is 9.50. The Balaban J connectivity index is 1.87. The van der Waals surface area contributed by atoms with Crippen molar-refractivity contribution in [1.82, 2.24) is 9.80 Å². The average Bonchev–Trinajstić information content (AvgIpc) is 2.60. The molecule has 0 atom stereocenters. The van der Waals surface area contributed by atoms with Crippen LogP contribution in [0.3, 0.4) is 0 Å². The molecule has 1 saturated heterocycles. The quantitative estimate of drug-likeness (QED) is 0.808. The second-order valence-electron chi connectivity index (χ2n) is 8.39. The molecule has 2 amide bonds. The number of amides is 2. The third-order valence-corrected chi connectivity index (χ3v) is 4.56. The van der Waals surface area contributed by atoms with Gasteiger partial charge in [0.2, 0.25) is 5.91 Å². The molecule has 1 fully saturated rings. The topological polar surface area (TPSA) is 49.9 Å². The molecule has 0 N–H and O–H groups in total. The van der Waals surface area contributed by atoms with Crippen LogP contribution in [-0.2, 0) is 4.79 Å². The minimum absolute atomic E-state index is 0.0154. The number of carbonyl (C=O) groups is 2. The van der Waals surface area contributed by atoms with Gasteiger partial charge < -0.3 is 14.5 Å². The Hall–Kier alpha value is -2.04. The fourth-order valence-corrected chi connectivity index (χ4v) is 2.88. The van der Waals surface area contributed by atoms with Crippen molar-refractivity contribution in [2.24, 2.45) is 11.3 Å². The van der Waals surface area contributed by atoms with Crippen molar-refractivity contribution in [3.8, 4) is 5.75 Å². The minimum atomic E-state index is -0.377. The van der Waals surface area contributed by atoms with E-state index in [-0.39, 0.29) is 17.2 Å². The Morgan fingerprint density at radius 1 is 1.00 bits per heavy atom. The Bertz CT molecular complexity index is 609. The number of piperazine rings is 1. The van der Waals surface area contributed by atoms with Gasteiger partial charge in [-0.2, -0.15) is 0 Å². The number of hydrogen-bond acceptors (Lipinski definition) is 3. The molecule has 5 nitrogen and oxygen atoms in total. The lowest BCUT2D eigenvalue weighted by atomic mass is 9.94. The molecule has 5 heteroatoms. The molecule has 0 aliphatic carbocycles. The van der Waals surface area contributed by atoms with Gasteiger partial charge in [-0.1, -0.05) is 34.6 Å². The fraction of sp³-hybridized carbons (Fsp3) is 0.619. The number of hydrogen-bond donors (Lipinski definition) is 0. The lowest BCUT2D eigenvalue weighted by Gasteiger charge is -2.37. The van der Waals surface area contributed by atoms with Gasteiger partial charge in [0.1, 0.15) is 5.75 Å². The van der Waals surface area contributed by atoms with Gasteiger partial charge in [-0.25, -0.2) is 0 Å². The summed E-state index contributed by atoms with van der Waals surface area (Å²) in [5, 5.41) is 0. The van der Waals surface area contributed by atoms with Crippen LogP contribution in [0.2, 0.25) is 0 Å². The second kappa shape index (κ2) is 8.56. The van der Waals surface area contributed by atoms with Crippen LogP contribution < -0.4 is 4.74 Å². The van der Waals surface area contributed by atoms with Crippen LogP contribution in [0, 0.1) is 11.3 Å². The van der Waals surface area contributed by atoms with Gasteiger partial charge in [0.25, 0.3) is 5.91 Å². The number of rotatable bonds is 5. The van der Waals surface area contributed by atoms with E-state index in [1.807, 2.05) is 54.8 Å². The highest BCUT2D eigenvalue weighted by atomic mass is 16.5. The maximum absolute atomic E-state index is 12.7. The van der Waals surface area contributed by atoms with Gasteiger partial charge in [-0.15, -0.1) is 0 Å². The fourth-order valence-electron chi connectivity index (χ4n) is 2.88. The van der Waals surface area contributed by atoms with Crippen molar-refractivity contribution in [3.63, 3.8) is 0 Å². The highest BCUT2D eigenvalue weighted by Gasteiger charge is 2.31. The average molecular weight is 360 g/mol. The van der Waals surface area contributed by atoms with E-state index in [0.717, 1.165) is 12.2 Å². The van der Waals surface area contributed by atoms with Crippen molar-refractivity contribution >= 4 is 11.8 Å². The Kier molecular flexibility index (Phi) is 6.68. The smallest absolute Gasteiger partial charge is 0.253 e. The molecule has 0 unspecified atom stereocenters. The highest BCUT2D eigenvalue weighted by Crippen LogP contribution is 2.20.